The molecule has 1 heterocycles. The molecule has 1 aliphatic rings. The molecular weight excluding hydrogens is 396 g/mol. The van der Waals surface area contributed by atoms with Crippen LogP contribution in [0.5, 0.6) is 0 Å². The Bertz CT molecular complexity index is 856. The Labute approximate surface area is 184 Å². The average molecular weight is 427 g/mol. The topological polar surface area (TPSA) is 49.4 Å². The molecule has 160 valence electrons. The van der Waals surface area contributed by atoms with Crippen molar-refractivity contribution < 1.29 is 9.59 Å². The van der Waals surface area contributed by atoms with Crippen molar-refractivity contribution in [1.82, 2.24) is 10.2 Å². The van der Waals surface area contributed by atoms with Gasteiger partial charge < -0.3 is 10.2 Å². The van der Waals surface area contributed by atoms with Crippen LogP contribution in [0.1, 0.15) is 66.9 Å². The third kappa shape index (κ3) is 6.09. The lowest BCUT2D eigenvalue weighted by atomic mass is 9.91. The van der Waals surface area contributed by atoms with Gasteiger partial charge in [0.15, 0.2) is 0 Å². The highest BCUT2D eigenvalue weighted by molar-refractivity contribution is 6.33. The number of nitrogens with one attached hydrogen (secondary N) is 1. The monoisotopic (exact) mass is 426 g/mol. The maximum atomic E-state index is 12.6. The van der Waals surface area contributed by atoms with Gasteiger partial charge in [0, 0.05) is 26.1 Å². The van der Waals surface area contributed by atoms with E-state index in [1.165, 1.54) is 5.56 Å². The van der Waals surface area contributed by atoms with Crippen molar-refractivity contribution in [3.8, 4) is 0 Å². The second kappa shape index (κ2) is 10.6. The summed E-state index contributed by atoms with van der Waals surface area (Å²) in [4.78, 5) is 26.8. The molecule has 4 nitrogen and oxygen atoms in total. The van der Waals surface area contributed by atoms with Gasteiger partial charge in [0.05, 0.1) is 10.6 Å². The molecule has 1 fully saturated rings. The first-order valence-electron chi connectivity index (χ1n) is 10.8. The normalized spacial score (nSPS) is 14.7. The van der Waals surface area contributed by atoms with Crippen LogP contribution >= 0.6 is 11.6 Å². The summed E-state index contributed by atoms with van der Waals surface area (Å²) in [5, 5.41) is 3.52. The summed E-state index contributed by atoms with van der Waals surface area (Å²) in [5.41, 5.74) is 3.00. The minimum atomic E-state index is 0.000258. The molecule has 2 amide bonds. The Hall–Kier alpha value is -2.33. The number of likely N-dealkylation sites (tertiary alicyclic amines) is 1. The van der Waals surface area contributed by atoms with E-state index in [0.29, 0.717) is 35.4 Å². The van der Waals surface area contributed by atoms with Crippen molar-refractivity contribution in [1.29, 1.82) is 0 Å². The number of halogens is 1. The minimum absolute atomic E-state index is 0.000258. The van der Waals surface area contributed by atoms with Crippen LogP contribution in [0, 0.1) is 5.92 Å². The number of piperidine rings is 1. The van der Waals surface area contributed by atoms with Crippen LogP contribution in [0.3, 0.4) is 0 Å². The molecule has 0 saturated carbocycles. The highest BCUT2D eigenvalue weighted by Gasteiger charge is 2.25. The molecule has 1 aliphatic heterocycles. The Morgan fingerprint density at radius 1 is 1.07 bits per heavy atom. The van der Waals surface area contributed by atoms with Crippen LogP contribution in [-0.2, 0) is 11.3 Å². The van der Waals surface area contributed by atoms with E-state index < -0.39 is 0 Å². The third-order valence-corrected chi connectivity index (χ3v) is 6.25. The highest BCUT2D eigenvalue weighted by atomic mass is 35.5. The van der Waals surface area contributed by atoms with Crippen molar-refractivity contribution in [3.05, 3.63) is 70.2 Å². The molecule has 0 radical (unpaired) electrons. The Morgan fingerprint density at radius 2 is 1.73 bits per heavy atom. The number of nitrogens with zero attached hydrogens (tertiary/aromatic N) is 1. The fraction of sp³-hybridized carbons (Fsp3) is 0.440. The summed E-state index contributed by atoms with van der Waals surface area (Å²) < 4.78 is 0. The van der Waals surface area contributed by atoms with Gasteiger partial charge in [-0.3, -0.25) is 9.59 Å². The van der Waals surface area contributed by atoms with Gasteiger partial charge in [0.2, 0.25) is 5.91 Å². The van der Waals surface area contributed by atoms with Gasteiger partial charge in [-0.1, -0.05) is 61.8 Å². The van der Waals surface area contributed by atoms with Crippen molar-refractivity contribution in [2.45, 2.75) is 52.0 Å². The maximum absolute atomic E-state index is 12.6. The van der Waals surface area contributed by atoms with Crippen molar-refractivity contribution >= 4 is 23.4 Å². The molecule has 30 heavy (non-hydrogen) atoms. The SMILES string of the molecule is CC(C)c1ccc(CNC(=O)CCC2CCN(C(=O)c3ccccc3Cl)CC2)cc1. The predicted molar refractivity (Wildman–Crippen MR) is 122 cm³/mol. The van der Waals surface area contributed by atoms with Gasteiger partial charge in [-0.2, -0.15) is 0 Å². The Balaban J connectivity index is 1.37. The van der Waals surface area contributed by atoms with Gasteiger partial charge in [-0.05, 0) is 54.4 Å². The van der Waals surface area contributed by atoms with Crippen LogP contribution in [-0.4, -0.2) is 29.8 Å². The number of carbonyl (C=O) groups excluding carboxylic acids is 2. The molecule has 1 saturated heterocycles. The van der Waals surface area contributed by atoms with E-state index in [4.69, 9.17) is 11.6 Å². The second-order valence-corrected chi connectivity index (χ2v) is 8.83. The minimum Gasteiger partial charge on any atom is -0.352 e. The molecule has 0 atom stereocenters. The van der Waals surface area contributed by atoms with E-state index >= 15 is 0 Å². The number of hydrogen-bond donors (Lipinski definition) is 1. The first kappa shape index (κ1) is 22.4. The molecule has 2 aromatic rings. The largest absolute Gasteiger partial charge is 0.352 e. The van der Waals surface area contributed by atoms with Crippen LogP contribution in [0.4, 0.5) is 0 Å². The molecule has 0 aromatic heterocycles. The Kier molecular flexibility index (Phi) is 7.92. The lowest BCUT2D eigenvalue weighted by Crippen LogP contribution is -2.38. The van der Waals surface area contributed by atoms with Crippen LogP contribution in [0.15, 0.2) is 48.5 Å². The molecule has 0 unspecified atom stereocenters. The van der Waals surface area contributed by atoms with Gasteiger partial charge in [-0.25, -0.2) is 0 Å². The van der Waals surface area contributed by atoms with Crippen molar-refractivity contribution in [2.75, 3.05) is 13.1 Å². The van der Waals surface area contributed by atoms with Crippen molar-refractivity contribution in [3.63, 3.8) is 0 Å². The summed E-state index contributed by atoms with van der Waals surface area (Å²) in [6, 6.07) is 15.6. The van der Waals surface area contributed by atoms with Gasteiger partial charge >= 0.3 is 0 Å². The van der Waals surface area contributed by atoms with E-state index in [-0.39, 0.29) is 11.8 Å². The van der Waals surface area contributed by atoms with E-state index in [1.54, 1.807) is 12.1 Å². The first-order valence-corrected chi connectivity index (χ1v) is 11.2. The molecule has 5 heteroatoms. The number of carbonyl (C=O) groups is 2. The zero-order chi connectivity index (χ0) is 21.5. The highest BCUT2D eigenvalue weighted by Crippen LogP contribution is 2.25. The summed E-state index contributed by atoms with van der Waals surface area (Å²) >= 11 is 6.16. The van der Waals surface area contributed by atoms with Gasteiger partial charge in [-0.15, -0.1) is 0 Å². The van der Waals surface area contributed by atoms with E-state index in [1.807, 2.05) is 17.0 Å². The van der Waals surface area contributed by atoms with Gasteiger partial charge in [0.25, 0.3) is 5.91 Å². The number of benzene rings is 2. The molecule has 0 aliphatic carbocycles. The fourth-order valence-corrected chi connectivity index (χ4v) is 4.09. The average Bonchev–Trinajstić information content (AvgIpc) is 2.77. The summed E-state index contributed by atoms with van der Waals surface area (Å²) in [5.74, 6) is 1.09. The van der Waals surface area contributed by atoms with E-state index in [2.05, 4.69) is 43.4 Å². The Morgan fingerprint density at radius 3 is 2.37 bits per heavy atom. The van der Waals surface area contributed by atoms with E-state index in [9.17, 15) is 9.59 Å². The van der Waals surface area contributed by atoms with Crippen LogP contribution in [0.2, 0.25) is 5.02 Å². The van der Waals surface area contributed by atoms with Crippen LogP contribution < -0.4 is 5.32 Å². The molecule has 0 bridgehead atoms. The molecular formula is C25H31ClN2O2. The number of amides is 2. The fourth-order valence-electron chi connectivity index (χ4n) is 3.87. The molecule has 2 aromatic carbocycles. The zero-order valence-corrected chi connectivity index (χ0v) is 18.6. The first-order chi connectivity index (χ1) is 14.4. The predicted octanol–water partition coefficient (Wildman–Crippen LogP) is 5.41. The smallest absolute Gasteiger partial charge is 0.255 e. The lowest BCUT2D eigenvalue weighted by molar-refractivity contribution is -0.121. The van der Waals surface area contributed by atoms with E-state index in [0.717, 1.165) is 37.9 Å². The summed E-state index contributed by atoms with van der Waals surface area (Å²) in [6.07, 6.45) is 3.26. The molecule has 1 N–H and O–H groups in total. The van der Waals surface area contributed by atoms with Gasteiger partial charge in [0.1, 0.15) is 0 Å². The summed E-state index contributed by atoms with van der Waals surface area (Å²) in [6.45, 7) is 6.36. The number of hydrogen-bond acceptors (Lipinski definition) is 2. The molecule has 3 rings (SSSR count). The van der Waals surface area contributed by atoms with Crippen LogP contribution in [0.25, 0.3) is 0 Å². The second-order valence-electron chi connectivity index (χ2n) is 8.43. The molecule has 0 spiro atoms. The standard InChI is InChI=1S/C25H31ClN2O2/c1-18(2)21-10-7-20(8-11-21)17-27-24(29)12-9-19-13-15-28(16-14-19)25(30)22-5-3-4-6-23(22)26/h3-8,10-11,18-19H,9,12-17H2,1-2H3,(H,27,29). The quantitative estimate of drug-likeness (QED) is 0.643. The zero-order valence-electron chi connectivity index (χ0n) is 17.9. The number of rotatable bonds is 7. The maximum Gasteiger partial charge on any atom is 0.255 e. The summed E-state index contributed by atoms with van der Waals surface area (Å²) in [7, 11) is 0. The van der Waals surface area contributed by atoms with Crippen molar-refractivity contribution in [2.24, 2.45) is 5.92 Å². The third-order valence-electron chi connectivity index (χ3n) is 5.92. The lowest BCUT2D eigenvalue weighted by Gasteiger charge is -2.32.